The Hall–Kier alpha value is -2.55. The molecule has 0 aliphatic carbocycles. The van der Waals surface area contributed by atoms with Gasteiger partial charge in [0, 0.05) is 37.0 Å². The molecule has 5 aromatic rings. The molecule has 51 heavy (non-hydrogen) atoms. The van der Waals surface area contributed by atoms with Crippen molar-refractivity contribution in [2.45, 2.75) is 128 Å². The number of aryl methyl sites for hydroxylation is 1. The minimum absolute atomic E-state index is 0. The molecule has 3 nitrogen and oxygen atoms in total. The number of aliphatic hydroxyl groups excluding tert-OH is 1. The number of allylic oxidation sites excluding steroid dienone is 2. The second-order valence-corrected chi connectivity index (χ2v) is 19.0. The summed E-state index contributed by atoms with van der Waals surface area (Å²) >= 11 is 0.244. The van der Waals surface area contributed by atoms with Crippen LogP contribution in [-0.4, -0.2) is 30.4 Å². The molecule has 0 saturated carbocycles. The zero-order valence-electron chi connectivity index (χ0n) is 34.3. The first-order valence-electron chi connectivity index (χ1n) is 19.0. The molecule has 0 atom stereocenters. The molecule has 5 rings (SSSR count). The fourth-order valence-electron chi connectivity index (χ4n) is 6.44. The van der Waals surface area contributed by atoms with Gasteiger partial charge in [0.05, 0.1) is 1.37 Å². The van der Waals surface area contributed by atoms with E-state index in [1.165, 1.54) is 46.8 Å². The predicted octanol–water partition coefficient (Wildman–Crippen LogP) is 12.9. The number of carbonyl (C=O) groups is 1. The molecule has 0 aliphatic heterocycles. The number of aromatic nitrogens is 1. The first-order valence-corrected chi connectivity index (χ1v) is 20.2. The molecule has 0 bridgehead atoms. The quantitative estimate of drug-likeness (QED) is 0.0693. The van der Waals surface area contributed by atoms with E-state index < -0.39 is 10.8 Å². The first kappa shape index (κ1) is 41.2. The third kappa shape index (κ3) is 9.34. The van der Waals surface area contributed by atoms with E-state index in [9.17, 15) is 9.90 Å². The van der Waals surface area contributed by atoms with E-state index in [1.54, 1.807) is 0 Å². The van der Waals surface area contributed by atoms with Crippen molar-refractivity contribution < 1.29 is 31.4 Å². The van der Waals surface area contributed by atoms with Gasteiger partial charge < -0.3 is 5.11 Å². The molecule has 0 fully saturated rings. The van der Waals surface area contributed by atoms with Crippen LogP contribution in [0.1, 0.15) is 127 Å². The van der Waals surface area contributed by atoms with Crippen molar-refractivity contribution in [1.29, 1.82) is 0 Å². The number of carbonyl (C=O) groups excluding carboxylic acids is 1. The Morgan fingerprint density at radius 1 is 0.843 bits per heavy atom. The number of pyridine rings is 1. The number of benzene rings is 3. The second kappa shape index (κ2) is 16.6. The van der Waals surface area contributed by atoms with Crippen molar-refractivity contribution >= 4 is 50.4 Å². The number of ketones is 1. The summed E-state index contributed by atoms with van der Waals surface area (Å²) in [6.07, 6.45) is 5.91. The molecule has 0 spiro atoms. The van der Waals surface area contributed by atoms with Gasteiger partial charge in [0.1, 0.15) is 5.76 Å². The van der Waals surface area contributed by atoms with Gasteiger partial charge in [-0.3, -0.25) is 4.79 Å². The van der Waals surface area contributed by atoms with Gasteiger partial charge in [0.15, 0.2) is 5.78 Å². The van der Waals surface area contributed by atoms with Crippen molar-refractivity contribution in [3.05, 3.63) is 89.3 Å². The van der Waals surface area contributed by atoms with Crippen LogP contribution in [0.2, 0.25) is 0 Å². The monoisotopic (exact) mass is 932 g/mol. The van der Waals surface area contributed by atoms with Crippen molar-refractivity contribution in [3.63, 3.8) is 0 Å². The number of aliphatic hydroxyl groups is 1. The fraction of sp³-hybridized carbons (Fsp3) is 0.478. The Labute approximate surface area is 329 Å². The molecule has 2 heterocycles. The molecular formula is C46H60IrNO2Se-. The number of nitrogens with zero attached hydrogens (tertiary/aromatic N) is 1. The summed E-state index contributed by atoms with van der Waals surface area (Å²) in [5.41, 5.74) is 5.89. The van der Waals surface area contributed by atoms with Gasteiger partial charge in [-0.2, -0.15) is 0 Å². The SMILES string of the molecule is Cc1c(CC(C)(C)C)ccc2c1[se]c1c(-c3[c-]c4ccccc4c(C(C)(C)C)c3)nccc12.[2H]/C(C(=O)C(C)(CC)CC)=C(/O)C(C)(CC)CC.[Ir]. The summed E-state index contributed by atoms with van der Waals surface area (Å²) in [5.74, 6) is -0.288. The molecule has 5 heteroatoms. The van der Waals surface area contributed by atoms with E-state index in [4.69, 9.17) is 6.35 Å². The van der Waals surface area contributed by atoms with Crippen molar-refractivity contribution in [3.8, 4) is 11.3 Å². The van der Waals surface area contributed by atoms with E-state index in [0.717, 1.165) is 30.5 Å². The van der Waals surface area contributed by atoms with Gasteiger partial charge in [-0.05, 0) is 25.7 Å². The van der Waals surface area contributed by atoms with E-state index >= 15 is 0 Å². The number of hydrogen-bond acceptors (Lipinski definition) is 3. The summed E-state index contributed by atoms with van der Waals surface area (Å²) in [6.45, 7) is 27.8. The van der Waals surface area contributed by atoms with Crippen LogP contribution < -0.4 is 0 Å². The van der Waals surface area contributed by atoms with Crippen LogP contribution in [0.5, 0.6) is 0 Å². The van der Waals surface area contributed by atoms with Gasteiger partial charge in [0.2, 0.25) is 0 Å². The molecule has 2 aromatic heterocycles. The van der Waals surface area contributed by atoms with Crippen molar-refractivity contribution in [1.82, 2.24) is 4.98 Å². The standard InChI is InChI=1S/C31H32NSe.C15H28O2.Ir/c1-19-21(18-30(2,3)4)12-13-24-25-14-15-32-27(29(25)33-28(19)24)22-16-20-10-8-9-11-23(20)26(17-22)31(5,6)7;1-7-14(5,8-2)12(16)11-13(17)15(6,9-3)10-4;/h8-15,17H,18H2,1-7H3;11,16H,7-10H2,1-6H3;/q-1;;/b;12-11-;/i;11D;. The Morgan fingerprint density at radius 2 is 1.43 bits per heavy atom. The summed E-state index contributed by atoms with van der Waals surface area (Å²) in [7, 11) is 0. The topological polar surface area (TPSA) is 50.2 Å². The minimum atomic E-state index is -0.534. The van der Waals surface area contributed by atoms with Gasteiger partial charge in [-0.15, -0.1) is 0 Å². The molecule has 0 amide bonds. The molecular weight excluding hydrogens is 870 g/mol. The molecule has 0 aliphatic rings. The average Bonchev–Trinajstić information content (AvgIpc) is 3.49. The summed E-state index contributed by atoms with van der Waals surface area (Å²) in [6, 6.07) is 21.4. The maximum Gasteiger partial charge on any atom is 0.164 e. The van der Waals surface area contributed by atoms with E-state index in [-0.39, 0.29) is 63.0 Å². The van der Waals surface area contributed by atoms with Gasteiger partial charge in [0.25, 0.3) is 0 Å². The third-order valence-corrected chi connectivity index (χ3v) is 13.8. The molecule has 3 aromatic carbocycles. The molecule has 0 saturated heterocycles. The van der Waals surface area contributed by atoms with Crippen LogP contribution in [-0.2, 0) is 36.7 Å². The zero-order valence-corrected chi connectivity index (χ0v) is 37.4. The van der Waals surface area contributed by atoms with Crippen LogP contribution >= 0.6 is 0 Å². The number of fused-ring (bicyclic) bond motifs is 4. The van der Waals surface area contributed by atoms with Gasteiger partial charge in [-0.25, -0.2) is 0 Å². The molecule has 1 N–H and O–H groups in total. The van der Waals surface area contributed by atoms with E-state index in [2.05, 4.69) is 103 Å². The predicted molar refractivity (Wildman–Crippen MR) is 218 cm³/mol. The number of hydrogen-bond donors (Lipinski definition) is 1. The fourth-order valence-corrected chi connectivity index (χ4v) is 9.22. The van der Waals surface area contributed by atoms with Gasteiger partial charge in [-0.1, -0.05) is 41.5 Å². The van der Waals surface area contributed by atoms with E-state index in [0.29, 0.717) is 12.8 Å². The Bertz CT molecular complexity index is 2070. The molecule has 1 radical (unpaired) electrons. The van der Waals surface area contributed by atoms with E-state index in [1.807, 2.05) is 47.7 Å². The Kier molecular flexibility index (Phi) is 13.4. The Balaban J connectivity index is 0.000000330. The van der Waals surface area contributed by atoms with Crippen molar-refractivity contribution in [2.24, 2.45) is 16.2 Å². The van der Waals surface area contributed by atoms with Crippen LogP contribution in [0, 0.1) is 29.2 Å². The molecule has 277 valence electrons. The number of rotatable bonds is 9. The first-order chi connectivity index (χ1) is 23.7. The van der Waals surface area contributed by atoms with Gasteiger partial charge >= 0.3 is 204 Å². The summed E-state index contributed by atoms with van der Waals surface area (Å²) < 4.78 is 10.9. The minimum Gasteiger partial charge on any atom is -0.512 e. The van der Waals surface area contributed by atoms with Crippen LogP contribution in [0.25, 0.3) is 41.3 Å². The summed E-state index contributed by atoms with van der Waals surface area (Å²) in [4.78, 5) is 17.3. The molecule has 0 unspecified atom stereocenters. The zero-order chi connectivity index (χ0) is 38.1. The Morgan fingerprint density at radius 3 is 2.00 bits per heavy atom. The maximum atomic E-state index is 12.3. The second-order valence-electron chi connectivity index (χ2n) is 16.8. The largest absolute Gasteiger partial charge is 0.512 e. The van der Waals surface area contributed by atoms with Crippen molar-refractivity contribution in [2.75, 3.05) is 0 Å². The van der Waals surface area contributed by atoms with Crippen LogP contribution in [0.3, 0.4) is 0 Å². The summed E-state index contributed by atoms with van der Waals surface area (Å²) in [5, 5.41) is 15.5. The van der Waals surface area contributed by atoms with Crippen LogP contribution in [0.4, 0.5) is 0 Å². The van der Waals surface area contributed by atoms with Crippen LogP contribution in [0.15, 0.2) is 66.5 Å². The maximum absolute atomic E-state index is 12.3. The smallest absolute Gasteiger partial charge is 0.164 e. The normalized spacial score (nSPS) is 13.4. The average molecular weight is 931 g/mol. The third-order valence-electron chi connectivity index (χ3n) is 10.9.